The van der Waals surface area contributed by atoms with Crippen molar-refractivity contribution in [3.8, 4) is 0 Å². The smallest absolute Gasteiger partial charge is 0.240 e. The summed E-state index contributed by atoms with van der Waals surface area (Å²) in [5.41, 5.74) is 7.57. The minimum absolute atomic E-state index is 0.00370. The summed E-state index contributed by atoms with van der Waals surface area (Å²) in [4.78, 5) is 25.8. The molecule has 2 amide bonds. The number of nitrogens with two attached hydrogens (primary N) is 1. The zero-order valence-electron chi connectivity index (χ0n) is 12.5. The van der Waals surface area contributed by atoms with Crippen LogP contribution in [0.3, 0.4) is 0 Å². The summed E-state index contributed by atoms with van der Waals surface area (Å²) in [7, 11) is 0. The molecule has 2 fully saturated rings. The van der Waals surface area contributed by atoms with Crippen LogP contribution in [0.2, 0.25) is 0 Å². The number of hydrogen-bond donors (Lipinski definition) is 3. The summed E-state index contributed by atoms with van der Waals surface area (Å²) < 4.78 is 0. The Morgan fingerprint density at radius 3 is 2.68 bits per heavy atom. The van der Waals surface area contributed by atoms with Gasteiger partial charge in [0.25, 0.3) is 0 Å². The molecule has 2 unspecified atom stereocenters. The van der Waals surface area contributed by atoms with Crippen LogP contribution in [-0.4, -0.2) is 37.5 Å². The van der Waals surface area contributed by atoms with Gasteiger partial charge in [0, 0.05) is 30.5 Å². The SMILES string of the molecule is NC1CCCC1C(=O)Nc1ccc(N2CCNCC2=O)cc1. The van der Waals surface area contributed by atoms with Crippen LogP contribution in [0.15, 0.2) is 24.3 Å². The maximum absolute atomic E-state index is 12.2. The minimum atomic E-state index is -0.0885. The molecule has 0 bridgehead atoms. The van der Waals surface area contributed by atoms with Crippen molar-refractivity contribution in [1.82, 2.24) is 5.32 Å². The third-order valence-corrected chi connectivity index (χ3v) is 4.44. The van der Waals surface area contributed by atoms with E-state index in [1.165, 1.54) is 0 Å². The maximum atomic E-state index is 12.2. The third-order valence-electron chi connectivity index (χ3n) is 4.44. The molecule has 1 saturated carbocycles. The average molecular weight is 302 g/mol. The van der Waals surface area contributed by atoms with E-state index >= 15 is 0 Å². The first-order chi connectivity index (χ1) is 10.6. The van der Waals surface area contributed by atoms with Crippen molar-refractivity contribution < 1.29 is 9.59 Å². The fraction of sp³-hybridized carbons (Fsp3) is 0.500. The van der Waals surface area contributed by atoms with E-state index in [0.29, 0.717) is 13.1 Å². The molecular weight excluding hydrogens is 280 g/mol. The summed E-state index contributed by atoms with van der Waals surface area (Å²) in [6, 6.07) is 7.38. The van der Waals surface area contributed by atoms with Crippen molar-refractivity contribution >= 4 is 23.2 Å². The van der Waals surface area contributed by atoms with Crippen LogP contribution >= 0.6 is 0 Å². The highest BCUT2D eigenvalue weighted by atomic mass is 16.2. The zero-order valence-corrected chi connectivity index (χ0v) is 12.5. The number of benzene rings is 1. The Labute approximate surface area is 130 Å². The number of anilines is 2. The number of hydrogen-bond acceptors (Lipinski definition) is 4. The number of piperazine rings is 1. The van der Waals surface area contributed by atoms with Crippen LogP contribution < -0.4 is 21.3 Å². The van der Waals surface area contributed by atoms with E-state index < -0.39 is 0 Å². The molecule has 6 heteroatoms. The molecule has 22 heavy (non-hydrogen) atoms. The first-order valence-corrected chi connectivity index (χ1v) is 7.83. The molecule has 2 aliphatic rings. The van der Waals surface area contributed by atoms with Gasteiger partial charge in [-0.3, -0.25) is 9.59 Å². The Morgan fingerprint density at radius 2 is 2.05 bits per heavy atom. The molecular formula is C16H22N4O2. The molecule has 2 atom stereocenters. The minimum Gasteiger partial charge on any atom is -0.327 e. The molecule has 118 valence electrons. The summed E-state index contributed by atoms with van der Waals surface area (Å²) in [6.45, 7) is 1.84. The number of nitrogens with zero attached hydrogens (tertiary/aromatic N) is 1. The van der Waals surface area contributed by atoms with Crippen molar-refractivity contribution in [2.24, 2.45) is 11.7 Å². The van der Waals surface area contributed by atoms with Crippen molar-refractivity contribution in [1.29, 1.82) is 0 Å². The van der Waals surface area contributed by atoms with Gasteiger partial charge < -0.3 is 21.3 Å². The molecule has 0 spiro atoms. The van der Waals surface area contributed by atoms with Crippen LogP contribution in [-0.2, 0) is 9.59 Å². The number of rotatable bonds is 3. The largest absolute Gasteiger partial charge is 0.327 e. The predicted octanol–water partition coefficient (Wildman–Crippen LogP) is 0.689. The first kappa shape index (κ1) is 15.0. The molecule has 1 heterocycles. The Balaban J connectivity index is 1.64. The highest BCUT2D eigenvalue weighted by Crippen LogP contribution is 2.26. The second-order valence-electron chi connectivity index (χ2n) is 5.96. The van der Waals surface area contributed by atoms with Gasteiger partial charge in [0.05, 0.1) is 12.5 Å². The van der Waals surface area contributed by atoms with Gasteiger partial charge in [-0.25, -0.2) is 0 Å². The van der Waals surface area contributed by atoms with Crippen LogP contribution in [0.25, 0.3) is 0 Å². The van der Waals surface area contributed by atoms with Gasteiger partial charge >= 0.3 is 0 Å². The standard InChI is InChI=1S/C16H22N4O2/c17-14-3-1-2-13(14)16(22)19-11-4-6-12(7-5-11)20-9-8-18-10-15(20)21/h4-7,13-14,18H,1-3,8-10,17H2,(H,19,22). The second kappa shape index (κ2) is 6.46. The molecule has 6 nitrogen and oxygen atoms in total. The van der Waals surface area contributed by atoms with Crippen molar-refractivity contribution in [2.75, 3.05) is 29.9 Å². The van der Waals surface area contributed by atoms with Crippen LogP contribution in [0, 0.1) is 5.92 Å². The Morgan fingerprint density at radius 1 is 1.27 bits per heavy atom. The Hall–Kier alpha value is -1.92. The van der Waals surface area contributed by atoms with Crippen LogP contribution in [0.5, 0.6) is 0 Å². The normalized spacial score (nSPS) is 25.3. The fourth-order valence-corrected chi connectivity index (χ4v) is 3.15. The van der Waals surface area contributed by atoms with E-state index in [0.717, 1.165) is 37.2 Å². The van der Waals surface area contributed by atoms with Gasteiger partial charge in [0.1, 0.15) is 0 Å². The number of nitrogens with one attached hydrogen (secondary N) is 2. The van der Waals surface area contributed by atoms with Gasteiger partial charge in [-0.2, -0.15) is 0 Å². The Bertz CT molecular complexity index is 558. The lowest BCUT2D eigenvalue weighted by Gasteiger charge is -2.27. The second-order valence-corrected chi connectivity index (χ2v) is 5.96. The molecule has 1 aromatic carbocycles. The molecule has 1 aromatic rings. The van der Waals surface area contributed by atoms with Gasteiger partial charge in [-0.05, 0) is 37.1 Å². The predicted molar refractivity (Wildman–Crippen MR) is 85.6 cm³/mol. The van der Waals surface area contributed by atoms with E-state index in [1.807, 2.05) is 24.3 Å². The lowest BCUT2D eigenvalue weighted by atomic mass is 10.0. The molecule has 1 saturated heterocycles. The lowest BCUT2D eigenvalue weighted by molar-refractivity contribution is -0.120. The molecule has 0 aromatic heterocycles. The first-order valence-electron chi connectivity index (χ1n) is 7.83. The van der Waals surface area contributed by atoms with Gasteiger partial charge in [0.15, 0.2) is 0 Å². The molecule has 0 radical (unpaired) electrons. The van der Waals surface area contributed by atoms with E-state index in [4.69, 9.17) is 5.73 Å². The fourth-order valence-electron chi connectivity index (χ4n) is 3.15. The van der Waals surface area contributed by atoms with Gasteiger partial charge in [-0.15, -0.1) is 0 Å². The van der Waals surface area contributed by atoms with E-state index in [2.05, 4.69) is 10.6 Å². The van der Waals surface area contributed by atoms with Crippen molar-refractivity contribution in [3.63, 3.8) is 0 Å². The Kier molecular flexibility index (Phi) is 4.40. The van der Waals surface area contributed by atoms with Crippen molar-refractivity contribution in [3.05, 3.63) is 24.3 Å². The molecule has 1 aliphatic carbocycles. The maximum Gasteiger partial charge on any atom is 0.240 e. The lowest BCUT2D eigenvalue weighted by Crippen LogP contribution is -2.48. The molecule has 4 N–H and O–H groups in total. The summed E-state index contributed by atoms with van der Waals surface area (Å²) in [5, 5.41) is 5.97. The number of amides is 2. The molecule has 1 aliphatic heterocycles. The quantitative estimate of drug-likeness (QED) is 0.766. The van der Waals surface area contributed by atoms with Gasteiger partial charge in [-0.1, -0.05) is 6.42 Å². The van der Waals surface area contributed by atoms with E-state index in [-0.39, 0.29) is 23.8 Å². The summed E-state index contributed by atoms with van der Waals surface area (Å²) in [5.74, 6) is -0.0228. The summed E-state index contributed by atoms with van der Waals surface area (Å²) in [6.07, 6.45) is 2.80. The number of carbonyl (C=O) groups is 2. The molecule has 3 rings (SSSR count). The third kappa shape index (κ3) is 3.13. The average Bonchev–Trinajstić information content (AvgIpc) is 2.95. The van der Waals surface area contributed by atoms with E-state index in [9.17, 15) is 9.59 Å². The van der Waals surface area contributed by atoms with Crippen LogP contribution in [0.1, 0.15) is 19.3 Å². The van der Waals surface area contributed by atoms with Crippen molar-refractivity contribution in [2.45, 2.75) is 25.3 Å². The summed E-state index contributed by atoms with van der Waals surface area (Å²) >= 11 is 0. The monoisotopic (exact) mass is 302 g/mol. The van der Waals surface area contributed by atoms with Gasteiger partial charge in [0.2, 0.25) is 11.8 Å². The zero-order chi connectivity index (χ0) is 15.5. The topological polar surface area (TPSA) is 87.5 Å². The van der Waals surface area contributed by atoms with Crippen LogP contribution in [0.4, 0.5) is 11.4 Å². The van der Waals surface area contributed by atoms with E-state index in [1.54, 1.807) is 4.90 Å². The highest BCUT2D eigenvalue weighted by Gasteiger charge is 2.30. The highest BCUT2D eigenvalue weighted by molar-refractivity contribution is 5.96. The number of carbonyl (C=O) groups excluding carboxylic acids is 2.